The Bertz CT molecular complexity index is 1200. The van der Waals surface area contributed by atoms with E-state index < -0.39 is 18.2 Å². The van der Waals surface area contributed by atoms with Crippen molar-refractivity contribution in [3.8, 4) is 28.7 Å². The first-order chi connectivity index (χ1) is 15.8. The highest BCUT2D eigenvalue weighted by atomic mass is 79.9. The number of fused-ring (bicyclic) bond motifs is 3. The Balaban J connectivity index is 1.36. The largest absolute Gasteiger partial charge is 0.573 e. The molecule has 0 spiro atoms. The lowest BCUT2D eigenvalue weighted by molar-refractivity contribution is -0.274. The van der Waals surface area contributed by atoms with Crippen LogP contribution in [0.15, 0.2) is 71.2 Å². The van der Waals surface area contributed by atoms with E-state index in [0.29, 0.717) is 4.47 Å². The van der Waals surface area contributed by atoms with Gasteiger partial charge in [-0.3, -0.25) is 0 Å². The van der Waals surface area contributed by atoms with E-state index >= 15 is 0 Å². The maximum atomic E-state index is 12.6. The zero-order valence-corrected chi connectivity index (χ0v) is 18.7. The van der Waals surface area contributed by atoms with Crippen molar-refractivity contribution < 1.29 is 27.4 Å². The van der Waals surface area contributed by atoms with Crippen LogP contribution in [0.2, 0.25) is 0 Å². The average Bonchev–Trinajstić information content (AvgIpc) is 3.09. The minimum absolute atomic E-state index is 0.0462. The molecule has 0 saturated carbocycles. The smallest absolute Gasteiger partial charge is 0.449 e. The van der Waals surface area contributed by atoms with Crippen LogP contribution >= 0.6 is 15.9 Å². The van der Waals surface area contributed by atoms with Gasteiger partial charge in [-0.05, 0) is 40.5 Å². The molecule has 0 aliphatic heterocycles. The van der Waals surface area contributed by atoms with E-state index in [1.165, 1.54) is 12.1 Å². The van der Waals surface area contributed by atoms with Crippen molar-refractivity contribution in [1.29, 1.82) is 0 Å². The van der Waals surface area contributed by atoms with Gasteiger partial charge in [0.1, 0.15) is 12.4 Å². The van der Waals surface area contributed by atoms with Gasteiger partial charge in [-0.15, -0.1) is 13.2 Å². The summed E-state index contributed by atoms with van der Waals surface area (Å²) in [6.07, 6.45) is -5.50. The maximum Gasteiger partial charge on any atom is 0.573 e. The van der Waals surface area contributed by atoms with Crippen LogP contribution < -0.4 is 10.1 Å². The number of alkyl halides is 3. The molecule has 3 aromatic rings. The Hall–Kier alpha value is -3.44. The molecular formula is C25H17BrF3NO3. The van der Waals surface area contributed by atoms with Crippen LogP contribution in [-0.2, 0) is 4.74 Å². The van der Waals surface area contributed by atoms with Gasteiger partial charge in [0, 0.05) is 10.4 Å². The summed E-state index contributed by atoms with van der Waals surface area (Å²) >= 11 is 3.10. The van der Waals surface area contributed by atoms with Crippen molar-refractivity contribution in [3.05, 3.63) is 87.9 Å². The van der Waals surface area contributed by atoms with Crippen molar-refractivity contribution in [2.75, 3.05) is 13.2 Å². The number of halogens is 4. The van der Waals surface area contributed by atoms with Gasteiger partial charge in [-0.2, -0.15) is 0 Å². The van der Waals surface area contributed by atoms with Gasteiger partial charge in [0.05, 0.1) is 12.1 Å². The molecule has 0 saturated heterocycles. The normalized spacial score (nSPS) is 12.2. The van der Waals surface area contributed by atoms with Gasteiger partial charge in [-0.25, -0.2) is 4.79 Å². The summed E-state index contributed by atoms with van der Waals surface area (Å²) < 4.78 is 47.6. The quantitative estimate of drug-likeness (QED) is 0.418. The third-order valence-electron chi connectivity index (χ3n) is 5.06. The highest BCUT2D eigenvalue weighted by Crippen LogP contribution is 2.44. The highest BCUT2D eigenvalue weighted by Gasteiger charge is 2.32. The van der Waals surface area contributed by atoms with Crippen LogP contribution in [-0.4, -0.2) is 25.6 Å². The predicted molar refractivity (Wildman–Crippen MR) is 121 cm³/mol. The van der Waals surface area contributed by atoms with E-state index in [1.54, 1.807) is 6.07 Å². The topological polar surface area (TPSA) is 47.6 Å². The molecule has 0 bridgehead atoms. The number of hydrogen-bond acceptors (Lipinski definition) is 3. The standard InChI is InChI=1S/C25H17BrF3NO3/c26-17-12-11-16(23(14-17)33-25(27,28)29)6-5-13-30-24(31)32-15-22-20-9-3-1-7-18(20)19-8-2-4-10-21(19)22/h1-4,7-12,14,22H,13,15H2,(H,30,31). The van der Waals surface area contributed by atoms with Crippen molar-refractivity contribution in [3.63, 3.8) is 0 Å². The third-order valence-corrected chi connectivity index (χ3v) is 5.55. The summed E-state index contributed by atoms with van der Waals surface area (Å²) in [7, 11) is 0. The number of amides is 1. The second-order valence-electron chi connectivity index (χ2n) is 7.17. The first kappa shape index (κ1) is 22.7. The number of rotatable bonds is 4. The minimum Gasteiger partial charge on any atom is -0.449 e. The maximum absolute atomic E-state index is 12.6. The van der Waals surface area contributed by atoms with E-state index in [0.717, 1.165) is 22.3 Å². The lowest BCUT2D eigenvalue weighted by Gasteiger charge is -2.14. The fourth-order valence-corrected chi connectivity index (χ4v) is 4.05. The Morgan fingerprint density at radius 3 is 2.27 bits per heavy atom. The molecule has 33 heavy (non-hydrogen) atoms. The van der Waals surface area contributed by atoms with E-state index in [-0.39, 0.29) is 24.6 Å². The Morgan fingerprint density at radius 2 is 1.64 bits per heavy atom. The molecule has 4 nitrogen and oxygen atoms in total. The Morgan fingerprint density at radius 1 is 1.00 bits per heavy atom. The Labute approximate surface area is 196 Å². The summed E-state index contributed by atoms with van der Waals surface area (Å²) in [5, 5.41) is 2.50. The zero-order chi connectivity index (χ0) is 23.4. The molecule has 3 aromatic carbocycles. The second-order valence-corrected chi connectivity index (χ2v) is 8.08. The van der Waals surface area contributed by atoms with Crippen LogP contribution in [0.25, 0.3) is 11.1 Å². The summed E-state index contributed by atoms with van der Waals surface area (Å²) in [5.41, 5.74) is 4.49. The average molecular weight is 516 g/mol. The number of alkyl carbamates (subject to hydrolysis) is 1. The number of carbonyl (C=O) groups is 1. The van der Waals surface area contributed by atoms with Gasteiger partial charge < -0.3 is 14.8 Å². The van der Waals surface area contributed by atoms with Gasteiger partial charge >= 0.3 is 12.5 Å². The van der Waals surface area contributed by atoms with Gasteiger partial charge in [0.25, 0.3) is 0 Å². The number of nitrogens with one attached hydrogen (secondary N) is 1. The van der Waals surface area contributed by atoms with Crippen LogP contribution in [0.5, 0.6) is 5.75 Å². The highest BCUT2D eigenvalue weighted by molar-refractivity contribution is 9.10. The fraction of sp³-hybridized carbons (Fsp3) is 0.160. The molecule has 0 fully saturated rings. The number of ether oxygens (including phenoxy) is 2. The second kappa shape index (κ2) is 9.59. The molecule has 1 N–H and O–H groups in total. The lowest BCUT2D eigenvalue weighted by atomic mass is 9.98. The molecule has 1 aliphatic rings. The van der Waals surface area contributed by atoms with Gasteiger partial charge in [0.2, 0.25) is 0 Å². The summed E-state index contributed by atoms with van der Waals surface area (Å²) in [4.78, 5) is 12.2. The van der Waals surface area contributed by atoms with Crippen LogP contribution in [0.4, 0.5) is 18.0 Å². The van der Waals surface area contributed by atoms with Crippen LogP contribution in [0.1, 0.15) is 22.6 Å². The molecule has 0 atom stereocenters. The molecule has 0 heterocycles. The predicted octanol–water partition coefficient (Wildman–Crippen LogP) is 6.24. The molecule has 1 amide bonds. The van der Waals surface area contributed by atoms with Gasteiger partial charge in [0.15, 0.2) is 0 Å². The molecular weight excluding hydrogens is 499 g/mol. The first-order valence-electron chi connectivity index (χ1n) is 9.95. The fourth-order valence-electron chi connectivity index (χ4n) is 3.71. The molecule has 0 radical (unpaired) electrons. The molecule has 8 heteroatoms. The summed E-state index contributed by atoms with van der Waals surface area (Å²) in [6.45, 7) is 0.0573. The first-order valence-corrected chi connectivity index (χ1v) is 10.7. The van der Waals surface area contributed by atoms with Crippen molar-refractivity contribution in [2.24, 2.45) is 0 Å². The molecule has 0 aromatic heterocycles. The number of carbonyl (C=O) groups excluding carboxylic acids is 1. The monoisotopic (exact) mass is 515 g/mol. The number of benzene rings is 3. The molecule has 0 unspecified atom stereocenters. The minimum atomic E-state index is -4.84. The van der Waals surface area contributed by atoms with Crippen LogP contribution in [0, 0.1) is 11.8 Å². The van der Waals surface area contributed by atoms with E-state index in [4.69, 9.17) is 4.74 Å². The van der Waals surface area contributed by atoms with Crippen LogP contribution in [0.3, 0.4) is 0 Å². The van der Waals surface area contributed by atoms with Crippen molar-refractivity contribution >= 4 is 22.0 Å². The summed E-state index contributed by atoms with van der Waals surface area (Å²) in [6, 6.07) is 20.1. The summed E-state index contributed by atoms with van der Waals surface area (Å²) in [5.74, 6) is 4.69. The third kappa shape index (κ3) is 5.49. The molecule has 4 rings (SSSR count). The lowest BCUT2D eigenvalue weighted by Crippen LogP contribution is -2.26. The van der Waals surface area contributed by atoms with E-state index in [9.17, 15) is 18.0 Å². The number of hydrogen-bond donors (Lipinski definition) is 1. The van der Waals surface area contributed by atoms with Gasteiger partial charge in [-0.1, -0.05) is 76.3 Å². The van der Waals surface area contributed by atoms with E-state index in [1.807, 2.05) is 48.5 Å². The zero-order valence-electron chi connectivity index (χ0n) is 17.1. The SMILES string of the molecule is O=C(NCC#Cc1ccc(Br)cc1OC(F)(F)F)OCC1c2ccccc2-c2ccccc21. The molecule has 168 valence electrons. The molecule has 1 aliphatic carbocycles. The van der Waals surface area contributed by atoms with Crippen molar-refractivity contribution in [2.45, 2.75) is 12.3 Å². The van der Waals surface area contributed by atoms with E-state index in [2.05, 4.69) is 37.8 Å². The Kier molecular flexibility index (Phi) is 6.61. The van der Waals surface area contributed by atoms with Crippen molar-refractivity contribution in [1.82, 2.24) is 5.32 Å².